The molecule has 5 heteroatoms. The van der Waals surface area contributed by atoms with Crippen LogP contribution in [0.15, 0.2) is 46.9 Å². The van der Waals surface area contributed by atoms with Crippen LogP contribution >= 0.6 is 27.5 Å². The normalized spacial score (nSPS) is 9.74. The van der Waals surface area contributed by atoms with Crippen molar-refractivity contribution in [2.24, 2.45) is 0 Å². The third kappa shape index (κ3) is 3.34. The summed E-state index contributed by atoms with van der Waals surface area (Å²) in [6.45, 7) is 0. The minimum Gasteiger partial charge on any atom is -0.322 e. The van der Waals surface area contributed by atoms with Crippen molar-refractivity contribution in [1.82, 2.24) is 0 Å². The molecule has 1 amide bonds. The summed E-state index contributed by atoms with van der Waals surface area (Å²) in [6, 6.07) is 13.7. The van der Waals surface area contributed by atoms with Crippen molar-refractivity contribution < 1.29 is 4.79 Å². The fraction of sp³-hybridized carbons (Fsp3) is 0. The second-order valence-corrected chi connectivity index (χ2v) is 5.04. The molecule has 3 nitrogen and oxygen atoms in total. The van der Waals surface area contributed by atoms with E-state index in [0.29, 0.717) is 21.8 Å². The lowest BCUT2D eigenvalue weighted by atomic mass is 10.2. The highest BCUT2D eigenvalue weighted by Crippen LogP contribution is 2.23. The first kappa shape index (κ1) is 13.6. The maximum atomic E-state index is 12.0. The maximum Gasteiger partial charge on any atom is 0.255 e. The van der Waals surface area contributed by atoms with Crippen LogP contribution in [-0.2, 0) is 0 Å². The molecule has 2 aromatic carbocycles. The van der Waals surface area contributed by atoms with Crippen molar-refractivity contribution in [3.63, 3.8) is 0 Å². The molecule has 0 saturated carbocycles. The zero-order valence-electron chi connectivity index (χ0n) is 9.65. The molecule has 0 atom stereocenters. The van der Waals surface area contributed by atoms with Gasteiger partial charge in [0.25, 0.3) is 5.91 Å². The summed E-state index contributed by atoms with van der Waals surface area (Å²) in [6.07, 6.45) is 0. The van der Waals surface area contributed by atoms with Crippen LogP contribution < -0.4 is 5.32 Å². The molecule has 0 saturated heterocycles. The average Bonchev–Trinajstić information content (AvgIpc) is 2.42. The molecule has 2 aromatic rings. The number of nitrogens with one attached hydrogen (secondary N) is 1. The SMILES string of the molecule is N#Cc1cccc(NC(=O)c2ccc(Br)c(Cl)c2)c1. The molecule has 0 fully saturated rings. The number of nitrogens with zero attached hydrogens (tertiary/aromatic N) is 1. The van der Waals surface area contributed by atoms with Gasteiger partial charge in [-0.3, -0.25) is 4.79 Å². The Morgan fingerprint density at radius 1 is 1.26 bits per heavy atom. The molecule has 0 aliphatic carbocycles. The number of rotatable bonds is 2. The minimum atomic E-state index is -0.274. The van der Waals surface area contributed by atoms with E-state index < -0.39 is 0 Å². The van der Waals surface area contributed by atoms with Gasteiger partial charge >= 0.3 is 0 Å². The lowest BCUT2D eigenvalue weighted by Crippen LogP contribution is -2.11. The van der Waals surface area contributed by atoms with Gasteiger partial charge in [0.1, 0.15) is 0 Å². The molecule has 1 N–H and O–H groups in total. The highest BCUT2D eigenvalue weighted by atomic mass is 79.9. The quantitative estimate of drug-likeness (QED) is 0.893. The number of nitriles is 1. The van der Waals surface area contributed by atoms with E-state index in [1.54, 1.807) is 42.5 Å². The fourth-order valence-electron chi connectivity index (χ4n) is 1.51. The molecule has 94 valence electrons. The Balaban J connectivity index is 2.21. The molecule has 0 heterocycles. The van der Waals surface area contributed by atoms with Crippen LogP contribution in [0.2, 0.25) is 5.02 Å². The number of hydrogen-bond donors (Lipinski definition) is 1. The molecule has 0 unspecified atom stereocenters. The largest absolute Gasteiger partial charge is 0.322 e. The second-order valence-electron chi connectivity index (χ2n) is 3.78. The first-order valence-corrected chi connectivity index (χ1v) is 6.54. The van der Waals surface area contributed by atoms with Gasteiger partial charge in [0.15, 0.2) is 0 Å². The number of anilines is 1. The number of hydrogen-bond acceptors (Lipinski definition) is 2. The third-order valence-corrected chi connectivity index (χ3v) is 3.66. The van der Waals surface area contributed by atoms with E-state index in [1.807, 2.05) is 6.07 Å². The van der Waals surface area contributed by atoms with Gasteiger partial charge in [-0.15, -0.1) is 0 Å². The molecule has 0 aromatic heterocycles. The van der Waals surface area contributed by atoms with Crippen molar-refractivity contribution in [1.29, 1.82) is 5.26 Å². The predicted molar refractivity (Wildman–Crippen MR) is 78.3 cm³/mol. The molecule has 0 aliphatic rings. The number of benzene rings is 2. The summed E-state index contributed by atoms with van der Waals surface area (Å²) in [5.41, 5.74) is 1.52. The number of carbonyl (C=O) groups excluding carboxylic acids is 1. The Labute approximate surface area is 123 Å². The van der Waals surface area contributed by atoms with Gasteiger partial charge in [-0.1, -0.05) is 17.7 Å². The summed E-state index contributed by atoms with van der Waals surface area (Å²) < 4.78 is 0.734. The summed E-state index contributed by atoms with van der Waals surface area (Å²) in [4.78, 5) is 12.0. The standard InChI is InChI=1S/C14H8BrClN2O/c15-12-5-4-10(7-13(12)16)14(19)18-11-3-1-2-9(6-11)8-17/h1-7H,(H,18,19). The average molecular weight is 336 g/mol. The zero-order chi connectivity index (χ0) is 13.8. The Kier molecular flexibility index (Phi) is 4.20. The second kappa shape index (κ2) is 5.87. The summed E-state index contributed by atoms with van der Waals surface area (Å²) in [5.74, 6) is -0.274. The highest BCUT2D eigenvalue weighted by molar-refractivity contribution is 9.10. The Morgan fingerprint density at radius 3 is 2.74 bits per heavy atom. The molecule has 0 aliphatic heterocycles. The van der Waals surface area contributed by atoms with E-state index in [4.69, 9.17) is 16.9 Å². The van der Waals surface area contributed by atoms with Gasteiger partial charge in [-0.2, -0.15) is 5.26 Å². The fourth-order valence-corrected chi connectivity index (χ4v) is 1.93. The van der Waals surface area contributed by atoms with Crippen molar-refractivity contribution in [3.05, 3.63) is 63.1 Å². The Morgan fingerprint density at radius 2 is 2.05 bits per heavy atom. The number of amides is 1. The smallest absolute Gasteiger partial charge is 0.255 e. The van der Waals surface area contributed by atoms with Gasteiger partial charge in [0.2, 0.25) is 0 Å². The van der Waals surface area contributed by atoms with Gasteiger partial charge < -0.3 is 5.32 Å². The monoisotopic (exact) mass is 334 g/mol. The Bertz CT molecular complexity index is 679. The van der Waals surface area contributed by atoms with E-state index in [-0.39, 0.29) is 5.91 Å². The molecule has 19 heavy (non-hydrogen) atoms. The lowest BCUT2D eigenvalue weighted by Gasteiger charge is -2.06. The number of halogens is 2. The summed E-state index contributed by atoms with van der Waals surface area (Å²) >= 11 is 9.20. The summed E-state index contributed by atoms with van der Waals surface area (Å²) in [7, 11) is 0. The van der Waals surface area contributed by atoms with E-state index in [0.717, 1.165) is 4.47 Å². The first-order chi connectivity index (χ1) is 9.10. The summed E-state index contributed by atoms with van der Waals surface area (Å²) in [5, 5.41) is 12.0. The van der Waals surface area contributed by atoms with Crippen LogP contribution in [0.5, 0.6) is 0 Å². The van der Waals surface area contributed by atoms with E-state index in [2.05, 4.69) is 21.2 Å². The van der Waals surface area contributed by atoms with Crippen LogP contribution in [-0.4, -0.2) is 5.91 Å². The van der Waals surface area contributed by atoms with Crippen molar-refractivity contribution in [2.75, 3.05) is 5.32 Å². The van der Waals surface area contributed by atoms with Crippen LogP contribution in [0, 0.1) is 11.3 Å². The molecular formula is C14H8BrClN2O. The van der Waals surface area contributed by atoms with Crippen LogP contribution in [0.3, 0.4) is 0 Å². The van der Waals surface area contributed by atoms with Gasteiger partial charge in [-0.25, -0.2) is 0 Å². The molecular weight excluding hydrogens is 328 g/mol. The highest BCUT2D eigenvalue weighted by Gasteiger charge is 2.08. The molecule has 2 rings (SSSR count). The third-order valence-electron chi connectivity index (χ3n) is 2.43. The van der Waals surface area contributed by atoms with Gasteiger partial charge in [0.05, 0.1) is 16.7 Å². The maximum absolute atomic E-state index is 12.0. The van der Waals surface area contributed by atoms with Crippen molar-refractivity contribution in [2.45, 2.75) is 0 Å². The molecule has 0 bridgehead atoms. The van der Waals surface area contributed by atoms with Crippen molar-refractivity contribution in [3.8, 4) is 6.07 Å². The lowest BCUT2D eigenvalue weighted by molar-refractivity contribution is 0.102. The van der Waals surface area contributed by atoms with Crippen LogP contribution in [0.4, 0.5) is 5.69 Å². The topological polar surface area (TPSA) is 52.9 Å². The van der Waals surface area contributed by atoms with Gasteiger partial charge in [0, 0.05) is 15.7 Å². The van der Waals surface area contributed by atoms with Gasteiger partial charge in [-0.05, 0) is 52.3 Å². The zero-order valence-corrected chi connectivity index (χ0v) is 12.0. The van der Waals surface area contributed by atoms with Crippen LogP contribution in [0.1, 0.15) is 15.9 Å². The van der Waals surface area contributed by atoms with Crippen LogP contribution in [0.25, 0.3) is 0 Å². The molecule has 0 radical (unpaired) electrons. The number of carbonyl (C=O) groups is 1. The predicted octanol–water partition coefficient (Wildman–Crippen LogP) is 4.23. The van der Waals surface area contributed by atoms with Crippen molar-refractivity contribution >= 4 is 39.1 Å². The van der Waals surface area contributed by atoms with E-state index in [1.165, 1.54) is 0 Å². The van der Waals surface area contributed by atoms with E-state index in [9.17, 15) is 4.79 Å². The van der Waals surface area contributed by atoms with E-state index >= 15 is 0 Å². The first-order valence-electron chi connectivity index (χ1n) is 5.37. The molecule has 0 spiro atoms. The minimum absolute atomic E-state index is 0.274. The Hall–Kier alpha value is -1.83.